The van der Waals surface area contributed by atoms with Crippen LogP contribution >= 0.6 is 0 Å². The van der Waals surface area contributed by atoms with Crippen molar-refractivity contribution in [2.75, 3.05) is 13.6 Å². The maximum Gasteiger partial charge on any atom is 0.303 e. The second-order valence-corrected chi connectivity index (χ2v) is 8.40. The Hall–Kier alpha value is -1.61. The summed E-state index contributed by atoms with van der Waals surface area (Å²) >= 11 is 0. The molecule has 1 aromatic carbocycles. The molecule has 0 aromatic heterocycles. The minimum atomic E-state index is -0.669. The van der Waals surface area contributed by atoms with Crippen LogP contribution in [0.2, 0.25) is 0 Å². The summed E-state index contributed by atoms with van der Waals surface area (Å²) in [5.41, 5.74) is 1.30. The number of carboxylic acids is 1. The van der Waals surface area contributed by atoms with Crippen LogP contribution in [0, 0.1) is 11.8 Å². The molecule has 0 aliphatic rings. The molecule has 0 fully saturated rings. The van der Waals surface area contributed by atoms with Gasteiger partial charge in [-0.25, -0.2) is 0 Å². The maximum atomic E-state index is 11.4. The maximum absolute atomic E-state index is 11.4. The van der Waals surface area contributed by atoms with Gasteiger partial charge in [0.15, 0.2) is 0 Å². The molecule has 29 heavy (non-hydrogen) atoms. The Kier molecular flexibility index (Phi) is 15.1. The van der Waals surface area contributed by atoms with Gasteiger partial charge in [0.2, 0.25) is 0 Å². The molecule has 2 atom stereocenters. The highest BCUT2D eigenvalue weighted by Gasteiger charge is 2.19. The van der Waals surface area contributed by atoms with E-state index in [-0.39, 0.29) is 12.3 Å². The SMILES string of the molecule is CCCCCC/C=C\CCC[C@H](CNC)C[C@H](CCc1ccccc1)CC(=O)O. The number of hydrogen-bond acceptors (Lipinski definition) is 2. The van der Waals surface area contributed by atoms with Gasteiger partial charge in [0, 0.05) is 6.42 Å². The van der Waals surface area contributed by atoms with Crippen molar-refractivity contribution in [3.05, 3.63) is 48.0 Å². The first-order chi connectivity index (χ1) is 14.2. The molecule has 0 spiro atoms. The van der Waals surface area contributed by atoms with Crippen LogP contribution in [0.15, 0.2) is 42.5 Å². The van der Waals surface area contributed by atoms with Crippen LogP contribution in [0.25, 0.3) is 0 Å². The number of rotatable bonds is 18. The third-order valence-corrected chi connectivity index (χ3v) is 5.68. The van der Waals surface area contributed by atoms with E-state index in [1.54, 1.807) is 0 Å². The summed E-state index contributed by atoms with van der Waals surface area (Å²) in [5, 5.41) is 12.7. The van der Waals surface area contributed by atoms with Gasteiger partial charge in [-0.1, -0.05) is 68.7 Å². The average Bonchev–Trinajstić information content (AvgIpc) is 2.71. The predicted octanol–water partition coefficient (Wildman–Crippen LogP) is 6.63. The van der Waals surface area contributed by atoms with Crippen molar-refractivity contribution < 1.29 is 9.90 Å². The summed E-state index contributed by atoms with van der Waals surface area (Å²) in [4.78, 5) is 11.4. The standard InChI is InChI=1S/C26H43NO2/c1-3-4-5-6-7-8-9-10-12-17-25(22-27-2)20-24(21-26(28)29)19-18-23-15-13-11-14-16-23/h8-9,11,13-16,24-25,27H,3-7,10,12,17-22H2,1-2H3,(H,28,29)/b9-8-/t24-,25-/m0/s1. The first kappa shape index (κ1) is 25.4. The molecule has 0 unspecified atom stereocenters. The molecule has 1 rings (SSSR count). The summed E-state index contributed by atoms with van der Waals surface area (Å²) in [7, 11) is 2.00. The molecular weight excluding hydrogens is 358 g/mol. The van der Waals surface area contributed by atoms with Crippen LogP contribution < -0.4 is 5.32 Å². The van der Waals surface area contributed by atoms with Gasteiger partial charge in [-0.05, 0) is 82.4 Å². The van der Waals surface area contributed by atoms with E-state index in [1.165, 1.54) is 50.5 Å². The number of unbranched alkanes of at least 4 members (excludes halogenated alkanes) is 5. The fraction of sp³-hybridized carbons (Fsp3) is 0.654. The Bertz CT molecular complexity index is 541. The second-order valence-electron chi connectivity index (χ2n) is 8.40. The fourth-order valence-corrected chi connectivity index (χ4v) is 4.08. The second kappa shape index (κ2) is 17.3. The van der Waals surface area contributed by atoms with Gasteiger partial charge in [-0.3, -0.25) is 4.79 Å². The molecule has 1 aromatic rings. The number of aryl methyl sites for hydroxylation is 1. The van der Waals surface area contributed by atoms with Crippen LogP contribution in [0.1, 0.15) is 83.1 Å². The summed E-state index contributed by atoms with van der Waals surface area (Å²) in [5.74, 6) is 0.135. The lowest BCUT2D eigenvalue weighted by Crippen LogP contribution is -2.23. The van der Waals surface area contributed by atoms with Crippen molar-refractivity contribution in [2.45, 2.75) is 84.0 Å². The Balaban J connectivity index is 2.39. The summed E-state index contributed by atoms with van der Waals surface area (Å²) in [6, 6.07) is 10.4. The van der Waals surface area contributed by atoms with Gasteiger partial charge in [-0.2, -0.15) is 0 Å². The predicted molar refractivity (Wildman–Crippen MR) is 124 cm³/mol. The number of carboxylic acid groups (broad SMARTS) is 1. The van der Waals surface area contributed by atoms with Gasteiger partial charge in [-0.15, -0.1) is 0 Å². The van der Waals surface area contributed by atoms with E-state index in [1.807, 2.05) is 13.1 Å². The number of hydrogen-bond donors (Lipinski definition) is 2. The molecule has 3 nitrogen and oxygen atoms in total. The third-order valence-electron chi connectivity index (χ3n) is 5.68. The van der Waals surface area contributed by atoms with E-state index in [0.29, 0.717) is 5.92 Å². The van der Waals surface area contributed by atoms with E-state index < -0.39 is 5.97 Å². The number of carbonyl (C=O) groups is 1. The zero-order valence-electron chi connectivity index (χ0n) is 18.7. The van der Waals surface area contributed by atoms with Crippen molar-refractivity contribution in [2.24, 2.45) is 11.8 Å². The van der Waals surface area contributed by atoms with Gasteiger partial charge < -0.3 is 10.4 Å². The highest BCUT2D eigenvalue weighted by Crippen LogP contribution is 2.25. The Morgan fingerprint density at radius 3 is 2.38 bits per heavy atom. The Morgan fingerprint density at radius 1 is 1.00 bits per heavy atom. The van der Waals surface area contributed by atoms with Crippen LogP contribution in [0.3, 0.4) is 0 Å². The lowest BCUT2D eigenvalue weighted by molar-refractivity contribution is -0.138. The van der Waals surface area contributed by atoms with E-state index in [0.717, 1.165) is 32.2 Å². The molecule has 0 saturated heterocycles. The molecule has 164 valence electrons. The van der Waals surface area contributed by atoms with Crippen molar-refractivity contribution in [3.8, 4) is 0 Å². The smallest absolute Gasteiger partial charge is 0.303 e. The molecular formula is C26H43NO2. The topological polar surface area (TPSA) is 49.3 Å². The van der Waals surface area contributed by atoms with Gasteiger partial charge >= 0.3 is 5.97 Å². The van der Waals surface area contributed by atoms with Crippen molar-refractivity contribution in [1.29, 1.82) is 0 Å². The summed E-state index contributed by atoms with van der Waals surface area (Å²) in [6.45, 7) is 3.22. The average molecular weight is 402 g/mol. The Morgan fingerprint density at radius 2 is 1.72 bits per heavy atom. The zero-order chi connectivity index (χ0) is 21.2. The molecule has 0 radical (unpaired) electrons. The molecule has 0 amide bonds. The van der Waals surface area contributed by atoms with Crippen molar-refractivity contribution in [1.82, 2.24) is 5.32 Å². The third kappa shape index (κ3) is 14.1. The summed E-state index contributed by atoms with van der Waals surface area (Å²) < 4.78 is 0. The molecule has 0 bridgehead atoms. The number of aliphatic carboxylic acids is 1. The first-order valence-electron chi connectivity index (χ1n) is 11.7. The molecule has 3 heteroatoms. The van der Waals surface area contributed by atoms with Gasteiger partial charge in [0.25, 0.3) is 0 Å². The fourth-order valence-electron chi connectivity index (χ4n) is 4.08. The largest absolute Gasteiger partial charge is 0.481 e. The highest BCUT2D eigenvalue weighted by atomic mass is 16.4. The van der Waals surface area contributed by atoms with Crippen molar-refractivity contribution >= 4 is 5.97 Å². The van der Waals surface area contributed by atoms with Gasteiger partial charge in [0.1, 0.15) is 0 Å². The highest BCUT2D eigenvalue weighted by molar-refractivity contribution is 5.67. The Labute approximate surface area is 179 Å². The van der Waals surface area contributed by atoms with E-state index >= 15 is 0 Å². The number of nitrogens with one attached hydrogen (secondary N) is 1. The summed E-state index contributed by atoms with van der Waals surface area (Å²) in [6.07, 6.45) is 17.9. The van der Waals surface area contributed by atoms with Crippen molar-refractivity contribution in [3.63, 3.8) is 0 Å². The first-order valence-corrected chi connectivity index (χ1v) is 11.7. The molecule has 2 N–H and O–H groups in total. The minimum Gasteiger partial charge on any atom is -0.481 e. The lowest BCUT2D eigenvalue weighted by atomic mass is 9.85. The zero-order valence-corrected chi connectivity index (χ0v) is 18.7. The van der Waals surface area contributed by atoms with E-state index in [9.17, 15) is 9.90 Å². The minimum absolute atomic E-state index is 0.250. The van der Waals surface area contributed by atoms with Crippen LogP contribution in [-0.2, 0) is 11.2 Å². The molecule has 0 aliphatic carbocycles. The van der Waals surface area contributed by atoms with E-state index in [2.05, 4.69) is 48.7 Å². The number of benzene rings is 1. The van der Waals surface area contributed by atoms with Crippen LogP contribution in [0.4, 0.5) is 0 Å². The monoisotopic (exact) mass is 401 g/mol. The molecule has 0 aliphatic heterocycles. The van der Waals surface area contributed by atoms with Crippen LogP contribution in [0.5, 0.6) is 0 Å². The lowest BCUT2D eigenvalue weighted by Gasteiger charge is -2.22. The van der Waals surface area contributed by atoms with Crippen LogP contribution in [-0.4, -0.2) is 24.7 Å². The number of allylic oxidation sites excluding steroid dienone is 2. The van der Waals surface area contributed by atoms with Gasteiger partial charge in [0.05, 0.1) is 0 Å². The quantitative estimate of drug-likeness (QED) is 0.214. The molecule has 0 saturated carbocycles. The van der Waals surface area contributed by atoms with E-state index in [4.69, 9.17) is 0 Å². The molecule has 0 heterocycles. The normalized spacial score (nSPS) is 13.6.